The summed E-state index contributed by atoms with van der Waals surface area (Å²) in [5.41, 5.74) is 11.5. The van der Waals surface area contributed by atoms with Crippen LogP contribution in [0.1, 0.15) is 74.4 Å². The van der Waals surface area contributed by atoms with E-state index >= 15 is 0 Å². The molecular weight excluding hydrogens is 414 g/mol. The van der Waals surface area contributed by atoms with Crippen molar-refractivity contribution in [1.29, 1.82) is 0 Å². The van der Waals surface area contributed by atoms with Gasteiger partial charge in [0.2, 0.25) is 0 Å². The van der Waals surface area contributed by atoms with E-state index in [0.717, 1.165) is 36.6 Å². The molecule has 0 saturated carbocycles. The Kier molecular flexibility index (Phi) is 6.89. The van der Waals surface area contributed by atoms with Crippen molar-refractivity contribution >= 4 is 16.8 Å². The topological polar surface area (TPSA) is 21.3 Å². The predicted molar refractivity (Wildman–Crippen MR) is 147 cm³/mol. The molecule has 0 saturated heterocycles. The number of hydrogen-bond donors (Lipinski definition) is 1. The minimum absolute atomic E-state index is 0.647. The molecule has 0 bridgehead atoms. The van der Waals surface area contributed by atoms with Gasteiger partial charge in [0.05, 0.1) is 0 Å². The van der Waals surface area contributed by atoms with Gasteiger partial charge in [-0.2, -0.15) is 0 Å². The number of aryl methyl sites for hydroxylation is 3. The molecule has 3 aromatic carbocycles. The van der Waals surface area contributed by atoms with Crippen LogP contribution in [0, 0.1) is 26.7 Å². The second kappa shape index (κ2) is 9.70. The first kappa shape index (κ1) is 24.1. The number of rotatable bonds is 6. The van der Waals surface area contributed by atoms with Crippen LogP contribution in [0.2, 0.25) is 0 Å². The van der Waals surface area contributed by atoms with Gasteiger partial charge in [-0.25, -0.2) is 0 Å². The highest BCUT2D eigenvalue weighted by molar-refractivity contribution is 5.88. The number of hydrogen-bond acceptors (Lipinski definition) is 2. The van der Waals surface area contributed by atoms with E-state index < -0.39 is 0 Å². The van der Waals surface area contributed by atoms with Gasteiger partial charge in [-0.3, -0.25) is 0 Å². The van der Waals surface area contributed by atoms with Crippen LogP contribution in [-0.2, 0) is 6.42 Å². The van der Waals surface area contributed by atoms with E-state index in [1.54, 1.807) is 0 Å². The van der Waals surface area contributed by atoms with E-state index in [9.17, 15) is 0 Å². The van der Waals surface area contributed by atoms with Crippen LogP contribution in [0.15, 0.2) is 42.5 Å². The number of anilines is 1. The molecule has 1 N–H and O–H groups in total. The molecule has 0 aromatic heterocycles. The highest BCUT2D eigenvalue weighted by Gasteiger charge is 2.23. The molecule has 2 heteroatoms. The second-order valence-corrected chi connectivity index (χ2v) is 10.2. The van der Waals surface area contributed by atoms with Crippen LogP contribution in [0.4, 0.5) is 5.69 Å². The summed E-state index contributed by atoms with van der Waals surface area (Å²) < 4.78 is 6.60. The molecule has 1 heterocycles. The number of fused-ring (bicyclic) bond motifs is 2. The van der Waals surface area contributed by atoms with Gasteiger partial charge in [-0.05, 0) is 105 Å². The number of ether oxygens (including phenoxy) is 1. The summed E-state index contributed by atoms with van der Waals surface area (Å²) in [6.07, 6.45) is 2.14. The summed E-state index contributed by atoms with van der Waals surface area (Å²) in [5.74, 6) is 2.53. The lowest BCUT2D eigenvalue weighted by molar-refractivity contribution is 0.471. The Morgan fingerprint density at radius 3 is 2.26 bits per heavy atom. The first-order valence-corrected chi connectivity index (χ1v) is 12.7. The van der Waals surface area contributed by atoms with Crippen LogP contribution < -0.4 is 20.5 Å². The smallest absolute Gasteiger partial charge is 0.137 e. The highest BCUT2D eigenvalue weighted by Crippen LogP contribution is 2.40. The van der Waals surface area contributed by atoms with Crippen molar-refractivity contribution in [1.82, 2.24) is 0 Å². The molecule has 0 radical (unpaired) electrons. The molecule has 0 spiro atoms. The zero-order valence-corrected chi connectivity index (χ0v) is 22.1. The SMILES string of the molecule is CCNc1cc2c(cc1C)C(c1ccc(CC(C)C)cc1C)=c1cc(C)c(=C(C)CC)cc1O2. The third kappa shape index (κ3) is 4.51. The fraction of sp³-hybridized carbons (Fsp3) is 0.375. The van der Waals surface area contributed by atoms with Crippen LogP contribution in [0.25, 0.3) is 11.1 Å². The van der Waals surface area contributed by atoms with E-state index in [-0.39, 0.29) is 0 Å². The van der Waals surface area contributed by atoms with Crippen molar-refractivity contribution in [3.05, 3.63) is 86.3 Å². The zero-order chi connectivity index (χ0) is 24.6. The predicted octanol–water partition coefficient (Wildman–Crippen LogP) is 7.18. The van der Waals surface area contributed by atoms with E-state index in [4.69, 9.17) is 4.74 Å². The summed E-state index contributed by atoms with van der Waals surface area (Å²) in [6, 6.07) is 16.0. The lowest BCUT2D eigenvalue weighted by atomic mass is 9.87. The molecule has 2 nitrogen and oxygen atoms in total. The molecule has 0 amide bonds. The van der Waals surface area contributed by atoms with Crippen LogP contribution in [0.5, 0.6) is 11.5 Å². The van der Waals surface area contributed by atoms with Gasteiger partial charge < -0.3 is 10.1 Å². The van der Waals surface area contributed by atoms with Gasteiger partial charge in [0.25, 0.3) is 0 Å². The van der Waals surface area contributed by atoms with Gasteiger partial charge in [-0.1, -0.05) is 44.5 Å². The summed E-state index contributed by atoms with van der Waals surface area (Å²) in [6.45, 7) is 18.7. The molecule has 0 fully saturated rings. The number of benzene rings is 3. The molecule has 0 aliphatic carbocycles. The number of nitrogens with one attached hydrogen (secondary N) is 1. The molecule has 178 valence electrons. The Balaban J connectivity index is 2.06. The molecule has 1 aliphatic heterocycles. The first-order chi connectivity index (χ1) is 16.2. The van der Waals surface area contributed by atoms with Gasteiger partial charge in [0, 0.05) is 34.7 Å². The fourth-order valence-corrected chi connectivity index (χ4v) is 5.13. The largest absolute Gasteiger partial charge is 0.456 e. The van der Waals surface area contributed by atoms with Crippen LogP contribution in [0.3, 0.4) is 0 Å². The maximum absolute atomic E-state index is 6.60. The Bertz CT molecular complexity index is 1360. The lowest BCUT2D eigenvalue weighted by Gasteiger charge is -2.25. The Morgan fingerprint density at radius 1 is 0.853 bits per heavy atom. The molecule has 4 rings (SSSR count). The normalized spacial score (nSPS) is 13.4. The third-order valence-corrected chi connectivity index (χ3v) is 6.97. The highest BCUT2D eigenvalue weighted by atomic mass is 16.5. The summed E-state index contributed by atoms with van der Waals surface area (Å²) in [7, 11) is 0. The zero-order valence-electron chi connectivity index (χ0n) is 22.1. The average Bonchev–Trinajstić information content (AvgIpc) is 2.78. The first-order valence-electron chi connectivity index (χ1n) is 12.7. The van der Waals surface area contributed by atoms with E-state index in [0.29, 0.717) is 5.92 Å². The van der Waals surface area contributed by atoms with Gasteiger partial charge >= 0.3 is 0 Å². The minimum Gasteiger partial charge on any atom is -0.456 e. The molecule has 3 aromatic rings. The Morgan fingerprint density at radius 2 is 1.62 bits per heavy atom. The maximum Gasteiger partial charge on any atom is 0.137 e. The van der Waals surface area contributed by atoms with Crippen molar-refractivity contribution < 1.29 is 4.74 Å². The van der Waals surface area contributed by atoms with Crippen molar-refractivity contribution in [3.63, 3.8) is 0 Å². The van der Waals surface area contributed by atoms with Gasteiger partial charge in [-0.15, -0.1) is 0 Å². The van der Waals surface area contributed by atoms with Crippen molar-refractivity contribution in [2.75, 3.05) is 11.9 Å². The Labute approximate surface area is 205 Å². The minimum atomic E-state index is 0.647. The molecule has 0 atom stereocenters. The average molecular weight is 454 g/mol. The standard InChI is InChI=1S/C32H39NO/c1-9-20(5)26-17-30-27(15-22(26)7)32(25-12-11-24(13-19(3)4)14-21(25)6)28-16-23(8)29(33-10-2)18-31(28)34-30/h11-12,14-19,33H,9-10,13H2,1-8H3. The molecule has 0 unspecified atom stereocenters. The van der Waals surface area contributed by atoms with Crippen molar-refractivity contribution in [2.45, 2.75) is 68.2 Å². The maximum atomic E-state index is 6.60. The lowest BCUT2D eigenvalue weighted by Crippen LogP contribution is -2.23. The quantitative estimate of drug-likeness (QED) is 0.334. The van der Waals surface area contributed by atoms with Crippen molar-refractivity contribution in [3.8, 4) is 11.5 Å². The second-order valence-electron chi connectivity index (χ2n) is 10.2. The van der Waals surface area contributed by atoms with Gasteiger partial charge in [0.1, 0.15) is 11.5 Å². The molecule has 1 aliphatic rings. The van der Waals surface area contributed by atoms with Gasteiger partial charge in [0.15, 0.2) is 0 Å². The summed E-state index contributed by atoms with van der Waals surface area (Å²) >= 11 is 0. The van der Waals surface area contributed by atoms with E-state index in [1.165, 1.54) is 55.0 Å². The van der Waals surface area contributed by atoms with Crippen LogP contribution in [-0.4, -0.2) is 6.54 Å². The monoisotopic (exact) mass is 453 g/mol. The Hall–Kier alpha value is -3.00. The molecular formula is C32H39NO. The third-order valence-electron chi connectivity index (χ3n) is 6.97. The van der Waals surface area contributed by atoms with E-state index in [1.807, 2.05) is 0 Å². The van der Waals surface area contributed by atoms with Crippen LogP contribution >= 0.6 is 0 Å². The summed E-state index contributed by atoms with van der Waals surface area (Å²) in [4.78, 5) is 0. The van der Waals surface area contributed by atoms with E-state index in [2.05, 4.69) is 103 Å². The molecule has 34 heavy (non-hydrogen) atoms. The fourth-order valence-electron chi connectivity index (χ4n) is 5.13. The summed E-state index contributed by atoms with van der Waals surface area (Å²) in [5, 5.41) is 5.98. The van der Waals surface area contributed by atoms with Crippen molar-refractivity contribution in [2.24, 2.45) is 5.92 Å².